The molecule has 0 aromatic heterocycles. The molecule has 18 heavy (non-hydrogen) atoms. The van der Waals surface area contributed by atoms with E-state index < -0.39 is 0 Å². The summed E-state index contributed by atoms with van der Waals surface area (Å²) in [4.78, 5) is 14.3. The molecule has 0 unspecified atom stereocenters. The van der Waals surface area contributed by atoms with E-state index in [2.05, 4.69) is 20.8 Å². The van der Waals surface area contributed by atoms with E-state index in [0.717, 1.165) is 16.0 Å². The predicted molar refractivity (Wildman–Crippen MR) is 76.0 cm³/mol. The molecule has 0 aliphatic heterocycles. The lowest BCUT2D eigenvalue weighted by Gasteiger charge is -2.24. The number of hydrogen-bond donors (Lipinski definition) is 1. The third-order valence-corrected chi connectivity index (χ3v) is 3.86. The standard InChI is InChI=1S/C14H21NO2S/c1-14(2,3)11-8-6-7-10(9-16)12(11)18-13(17)15(4)5/h6-8,16H,9H2,1-5H3. The van der Waals surface area contributed by atoms with Crippen LogP contribution in [-0.4, -0.2) is 29.3 Å². The van der Waals surface area contributed by atoms with Crippen molar-refractivity contribution in [1.82, 2.24) is 4.90 Å². The van der Waals surface area contributed by atoms with Crippen molar-refractivity contribution in [3.05, 3.63) is 29.3 Å². The second-order valence-electron chi connectivity index (χ2n) is 5.46. The number of hydrogen-bond acceptors (Lipinski definition) is 3. The van der Waals surface area contributed by atoms with Crippen LogP contribution in [-0.2, 0) is 12.0 Å². The average molecular weight is 267 g/mol. The maximum absolute atomic E-state index is 11.9. The Morgan fingerprint density at radius 1 is 1.33 bits per heavy atom. The summed E-state index contributed by atoms with van der Waals surface area (Å²) in [6, 6.07) is 5.81. The Labute approximate surface area is 113 Å². The first-order chi connectivity index (χ1) is 8.27. The summed E-state index contributed by atoms with van der Waals surface area (Å²) in [5, 5.41) is 9.40. The van der Waals surface area contributed by atoms with Gasteiger partial charge in [-0.2, -0.15) is 0 Å². The highest BCUT2D eigenvalue weighted by atomic mass is 32.2. The topological polar surface area (TPSA) is 40.5 Å². The van der Waals surface area contributed by atoms with Crippen LogP contribution in [0.2, 0.25) is 0 Å². The lowest BCUT2D eigenvalue weighted by molar-refractivity contribution is 0.241. The quantitative estimate of drug-likeness (QED) is 0.836. The van der Waals surface area contributed by atoms with Crippen LogP contribution in [0.15, 0.2) is 23.1 Å². The molecule has 0 radical (unpaired) electrons. The van der Waals surface area contributed by atoms with Crippen LogP contribution in [0.25, 0.3) is 0 Å². The third-order valence-electron chi connectivity index (χ3n) is 2.63. The van der Waals surface area contributed by atoms with Crippen molar-refractivity contribution in [2.75, 3.05) is 14.1 Å². The van der Waals surface area contributed by atoms with Gasteiger partial charge in [0.25, 0.3) is 5.24 Å². The number of aliphatic hydroxyl groups excluding tert-OH is 1. The van der Waals surface area contributed by atoms with E-state index in [4.69, 9.17) is 0 Å². The van der Waals surface area contributed by atoms with Gasteiger partial charge in [-0.25, -0.2) is 0 Å². The van der Waals surface area contributed by atoms with Crippen LogP contribution in [0.4, 0.5) is 4.79 Å². The second-order valence-corrected chi connectivity index (χ2v) is 6.43. The summed E-state index contributed by atoms with van der Waals surface area (Å²) >= 11 is 1.18. The van der Waals surface area contributed by atoms with E-state index in [1.54, 1.807) is 19.0 Å². The summed E-state index contributed by atoms with van der Waals surface area (Å²) in [5.74, 6) is 0. The van der Waals surface area contributed by atoms with Crippen molar-refractivity contribution in [1.29, 1.82) is 0 Å². The number of thioether (sulfide) groups is 1. The van der Waals surface area contributed by atoms with Gasteiger partial charge in [-0.3, -0.25) is 4.79 Å². The SMILES string of the molecule is CN(C)C(=O)Sc1c(CO)cccc1C(C)(C)C. The maximum atomic E-state index is 11.9. The third kappa shape index (κ3) is 3.50. The minimum absolute atomic E-state index is 0.0265. The summed E-state index contributed by atoms with van der Waals surface area (Å²) in [7, 11) is 3.46. The fourth-order valence-electron chi connectivity index (χ4n) is 1.60. The number of carbonyl (C=O) groups excluding carboxylic acids is 1. The molecule has 100 valence electrons. The van der Waals surface area contributed by atoms with E-state index in [1.165, 1.54) is 11.8 Å². The van der Waals surface area contributed by atoms with Gasteiger partial charge >= 0.3 is 0 Å². The molecule has 0 bridgehead atoms. The van der Waals surface area contributed by atoms with Gasteiger partial charge in [-0.05, 0) is 28.3 Å². The zero-order chi connectivity index (χ0) is 13.9. The highest BCUT2D eigenvalue weighted by Crippen LogP contribution is 2.36. The van der Waals surface area contributed by atoms with E-state index in [1.807, 2.05) is 18.2 Å². The fourth-order valence-corrected chi connectivity index (χ4v) is 2.70. The first kappa shape index (κ1) is 15.1. The normalized spacial score (nSPS) is 11.4. The van der Waals surface area contributed by atoms with Gasteiger partial charge in [0, 0.05) is 19.0 Å². The van der Waals surface area contributed by atoms with E-state index in [9.17, 15) is 9.90 Å². The average Bonchev–Trinajstić information content (AvgIpc) is 2.27. The first-order valence-corrected chi connectivity index (χ1v) is 6.71. The highest BCUT2D eigenvalue weighted by Gasteiger charge is 2.22. The molecule has 0 fully saturated rings. The van der Waals surface area contributed by atoms with Crippen LogP contribution >= 0.6 is 11.8 Å². The molecule has 1 aromatic rings. The molecular weight excluding hydrogens is 246 g/mol. The van der Waals surface area contributed by atoms with Crippen molar-refractivity contribution in [3.63, 3.8) is 0 Å². The summed E-state index contributed by atoms with van der Waals surface area (Å²) < 4.78 is 0. The Morgan fingerprint density at radius 2 is 1.94 bits per heavy atom. The smallest absolute Gasteiger partial charge is 0.285 e. The van der Waals surface area contributed by atoms with Gasteiger partial charge in [0.1, 0.15) is 0 Å². The van der Waals surface area contributed by atoms with Gasteiger partial charge in [0.2, 0.25) is 0 Å². The molecule has 4 heteroatoms. The Hall–Kier alpha value is -1.00. The predicted octanol–water partition coefficient (Wildman–Crippen LogP) is 3.25. The molecule has 0 atom stereocenters. The molecule has 0 aliphatic rings. The summed E-state index contributed by atoms with van der Waals surface area (Å²) in [6.07, 6.45) is 0. The van der Waals surface area contributed by atoms with Crippen LogP contribution in [0, 0.1) is 0 Å². The number of carbonyl (C=O) groups is 1. The molecule has 3 nitrogen and oxygen atoms in total. The number of amides is 1. The molecule has 0 saturated heterocycles. The van der Waals surface area contributed by atoms with Crippen LogP contribution in [0.3, 0.4) is 0 Å². The Morgan fingerprint density at radius 3 is 2.39 bits per heavy atom. The van der Waals surface area contributed by atoms with Crippen molar-refractivity contribution in [2.24, 2.45) is 0 Å². The number of benzene rings is 1. The fraction of sp³-hybridized carbons (Fsp3) is 0.500. The lowest BCUT2D eigenvalue weighted by atomic mass is 9.86. The van der Waals surface area contributed by atoms with Gasteiger partial charge in [0.15, 0.2) is 0 Å². The first-order valence-electron chi connectivity index (χ1n) is 5.89. The molecule has 1 N–H and O–H groups in total. The maximum Gasteiger partial charge on any atom is 0.285 e. The van der Waals surface area contributed by atoms with Crippen LogP contribution in [0.5, 0.6) is 0 Å². The molecule has 0 saturated carbocycles. The Kier molecular flexibility index (Phi) is 4.82. The van der Waals surface area contributed by atoms with Crippen LogP contribution < -0.4 is 0 Å². The zero-order valence-electron chi connectivity index (χ0n) is 11.7. The number of nitrogens with zero attached hydrogens (tertiary/aromatic N) is 1. The highest BCUT2D eigenvalue weighted by molar-refractivity contribution is 8.13. The largest absolute Gasteiger partial charge is 0.392 e. The monoisotopic (exact) mass is 267 g/mol. The van der Waals surface area contributed by atoms with E-state index in [0.29, 0.717) is 0 Å². The van der Waals surface area contributed by atoms with E-state index in [-0.39, 0.29) is 17.3 Å². The molecular formula is C14H21NO2S. The Bertz CT molecular complexity index is 436. The second kappa shape index (κ2) is 5.76. The molecule has 1 aromatic carbocycles. The zero-order valence-corrected chi connectivity index (χ0v) is 12.5. The van der Waals surface area contributed by atoms with Crippen molar-refractivity contribution >= 4 is 17.0 Å². The van der Waals surface area contributed by atoms with Gasteiger partial charge in [0.05, 0.1) is 6.61 Å². The molecule has 1 amide bonds. The molecule has 0 aliphatic carbocycles. The number of aliphatic hydroxyl groups is 1. The summed E-state index contributed by atoms with van der Waals surface area (Å²) in [6.45, 7) is 6.27. The Balaban J connectivity index is 3.25. The van der Waals surface area contributed by atoms with Crippen LogP contribution in [0.1, 0.15) is 31.9 Å². The van der Waals surface area contributed by atoms with E-state index >= 15 is 0 Å². The van der Waals surface area contributed by atoms with Crippen molar-refractivity contribution in [3.8, 4) is 0 Å². The molecule has 1 rings (SSSR count). The summed E-state index contributed by atoms with van der Waals surface area (Å²) in [5.41, 5.74) is 1.84. The van der Waals surface area contributed by atoms with Gasteiger partial charge in [-0.1, -0.05) is 39.0 Å². The lowest BCUT2D eigenvalue weighted by Crippen LogP contribution is -2.19. The minimum Gasteiger partial charge on any atom is -0.392 e. The molecule has 0 heterocycles. The van der Waals surface area contributed by atoms with Gasteiger partial charge in [-0.15, -0.1) is 0 Å². The minimum atomic E-state index is -0.0555. The van der Waals surface area contributed by atoms with Crippen molar-refractivity contribution < 1.29 is 9.90 Å². The van der Waals surface area contributed by atoms with Crippen molar-refractivity contribution in [2.45, 2.75) is 37.7 Å². The number of rotatable bonds is 2. The molecule has 0 spiro atoms. The van der Waals surface area contributed by atoms with Gasteiger partial charge < -0.3 is 10.0 Å².